The highest BCUT2D eigenvalue weighted by Gasteiger charge is 2.55. The lowest BCUT2D eigenvalue weighted by molar-refractivity contribution is -0.148. The predicted molar refractivity (Wildman–Crippen MR) is 119 cm³/mol. The summed E-state index contributed by atoms with van der Waals surface area (Å²) in [5.41, 5.74) is 0.922. The largest absolute Gasteiger partial charge is 0.344 e. The maximum atomic E-state index is 13.5. The summed E-state index contributed by atoms with van der Waals surface area (Å²) < 4.78 is 0. The van der Waals surface area contributed by atoms with Crippen LogP contribution in [0.15, 0.2) is 0 Å². The van der Waals surface area contributed by atoms with Crippen LogP contribution >= 0.6 is 11.3 Å². The molecule has 1 aromatic rings. The Labute approximate surface area is 183 Å². The first-order valence-corrected chi connectivity index (χ1v) is 12.7. The number of anilines is 1. The molecule has 6 heteroatoms. The molecule has 5 nitrogen and oxygen atoms in total. The second kappa shape index (κ2) is 7.61. The van der Waals surface area contributed by atoms with Crippen LogP contribution in [0.5, 0.6) is 0 Å². The Morgan fingerprint density at radius 2 is 1.73 bits per heavy atom. The minimum Gasteiger partial charge on any atom is -0.344 e. The van der Waals surface area contributed by atoms with Crippen LogP contribution in [0.2, 0.25) is 0 Å². The molecule has 2 unspecified atom stereocenters. The summed E-state index contributed by atoms with van der Waals surface area (Å²) in [5.74, 6) is 2.89. The Bertz CT molecular complexity index is 810. The van der Waals surface area contributed by atoms with Crippen molar-refractivity contribution >= 4 is 28.3 Å². The first-order valence-electron chi connectivity index (χ1n) is 11.9. The van der Waals surface area contributed by atoms with Crippen LogP contribution in [0.3, 0.4) is 0 Å². The molecule has 1 heterocycles. The Morgan fingerprint density at radius 3 is 2.33 bits per heavy atom. The average molecular weight is 430 g/mol. The fourth-order valence-corrected chi connectivity index (χ4v) is 8.17. The summed E-state index contributed by atoms with van der Waals surface area (Å²) in [7, 11) is 0. The van der Waals surface area contributed by atoms with Crippen molar-refractivity contribution in [2.75, 3.05) is 5.32 Å². The van der Waals surface area contributed by atoms with E-state index in [2.05, 4.69) is 22.5 Å². The number of nitrogens with zero attached hydrogens (tertiary/aromatic N) is 1. The quantitative estimate of drug-likeness (QED) is 0.721. The maximum absolute atomic E-state index is 13.5. The van der Waals surface area contributed by atoms with Crippen molar-refractivity contribution in [3.63, 3.8) is 0 Å². The van der Waals surface area contributed by atoms with Crippen LogP contribution in [0, 0.1) is 35.0 Å². The molecule has 5 aliphatic rings. The zero-order chi connectivity index (χ0) is 21.0. The highest BCUT2D eigenvalue weighted by molar-refractivity contribution is 7.15. The van der Waals surface area contributed by atoms with E-state index in [1.165, 1.54) is 30.6 Å². The summed E-state index contributed by atoms with van der Waals surface area (Å²) in [6.07, 6.45) is 10.2. The number of amides is 2. The van der Waals surface area contributed by atoms with E-state index in [-0.39, 0.29) is 23.1 Å². The molecule has 1 aromatic heterocycles. The van der Waals surface area contributed by atoms with E-state index in [1.807, 2.05) is 13.8 Å². The highest BCUT2D eigenvalue weighted by Crippen LogP contribution is 2.60. The molecule has 0 saturated heterocycles. The minimum absolute atomic E-state index is 0.0393. The number of aromatic nitrogens is 1. The summed E-state index contributed by atoms with van der Waals surface area (Å²) >= 11 is 1.61. The normalized spacial score (nSPS) is 35.2. The van der Waals surface area contributed by atoms with Gasteiger partial charge in [0.15, 0.2) is 5.13 Å². The summed E-state index contributed by atoms with van der Waals surface area (Å²) in [6, 6.07) is -0.509. The van der Waals surface area contributed by atoms with E-state index < -0.39 is 6.04 Å². The van der Waals surface area contributed by atoms with Gasteiger partial charge in [0, 0.05) is 10.3 Å². The number of carbonyl (C=O) groups excluding carboxylic acids is 2. The molecular formula is C24H35N3O2S. The zero-order valence-corrected chi connectivity index (χ0v) is 19.3. The lowest BCUT2D eigenvalue weighted by Gasteiger charge is -2.55. The molecule has 4 fully saturated rings. The Hall–Kier alpha value is -1.43. The number of hydrogen-bond acceptors (Lipinski definition) is 4. The zero-order valence-electron chi connectivity index (χ0n) is 18.5. The van der Waals surface area contributed by atoms with Gasteiger partial charge in [-0.1, -0.05) is 20.8 Å². The molecule has 4 saturated carbocycles. The average Bonchev–Trinajstić information content (AvgIpc) is 3.05. The van der Waals surface area contributed by atoms with Crippen molar-refractivity contribution in [1.82, 2.24) is 10.3 Å². The van der Waals surface area contributed by atoms with Gasteiger partial charge in [-0.3, -0.25) is 9.59 Å². The number of hydrogen-bond donors (Lipinski definition) is 2. The third kappa shape index (κ3) is 3.69. The SMILES string of the molecule is CC1CCc2nc(NC(=O)C(NC(=O)C34CC5CC(CC(C5)C3)C4)C(C)C)sc2C1. The lowest BCUT2D eigenvalue weighted by Crippen LogP contribution is -2.57. The van der Waals surface area contributed by atoms with Crippen LogP contribution in [0.1, 0.15) is 76.3 Å². The molecule has 30 heavy (non-hydrogen) atoms. The number of aryl methyl sites for hydroxylation is 1. The molecule has 164 valence electrons. The van der Waals surface area contributed by atoms with Crippen molar-refractivity contribution in [3.05, 3.63) is 10.6 Å². The van der Waals surface area contributed by atoms with Crippen molar-refractivity contribution in [2.24, 2.45) is 35.0 Å². The molecule has 0 radical (unpaired) electrons. The topological polar surface area (TPSA) is 71.1 Å². The molecule has 0 aliphatic heterocycles. The molecule has 0 aromatic carbocycles. The van der Waals surface area contributed by atoms with Crippen LogP contribution in [-0.2, 0) is 22.4 Å². The Kier molecular flexibility index (Phi) is 5.19. The van der Waals surface area contributed by atoms with Crippen molar-refractivity contribution < 1.29 is 9.59 Å². The fraction of sp³-hybridized carbons (Fsp3) is 0.792. The smallest absolute Gasteiger partial charge is 0.248 e. The van der Waals surface area contributed by atoms with Crippen molar-refractivity contribution in [1.29, 1.82) is 0 Å². The van der Waals surface area contributed by atoms with E-state index in [9.17, 15) is 9.59 Å². The Balaban J connectivity index is 1.27. The maximum Gasteiger partial charge on any atom is 0.248 e. The predicted octanol–water partition coefficient (Wildman–Crippen LogP) is 4.56. The van der Waals surface area contributed by atoms with Crippen LogP contribution < -0.4 is 10.6 Å². The molecule has 2 amide bonds. The first kappa shape index (κ1) is 20.5. The van der Waals surface area contributed by atoms with Gasteiger partial charge in [0.25, 0.3) is 0 Å². The number of thiazole rings is 1. The molecule has 2 atom stereocenters. The molecule has 4 bridgehead atoms. The molecular weight excluding hydrogens is 394 g/mol. The molecule has 5 aliphatic carbocycles. The van der Waals surface area contributed by atoms with Gasteiger partial charge in [-0.2, -0.15) is 0 Å². The molecule has 2 N–H and O–H groups in total. The number of carbonyl (C=O) groups is 2. The van der Waals surface area contributed by atoms with Crippen LogP contribution in [0.4, 0.5) is 5.13 Å². The van der Waals surface area contributed by atoms with Crippen molar-refractivity contribution in [3.8, 4) is 0 Å². The monoisotopic (exact) mass is 429 g/mol. The molecule has 6 rings (SSSR count). The number of fused-ring (bicyclic) bond motifs is 1. The fourth-order valence-electron chi connectivity index (χ4n) is 6.99. The second-order valence-electron chi connectivity index (χ2n) is 11.1. The van der Waals surface area contributed by atoms with Crippen LogP contribution in [0.25, 0.3) is 0 Å². The second-order valence-corrected chi connectivity index (χ2v) is 12.2. The number of nitrogens with one attached hydrogen (secondary N) is 2. The van der Waals surface area contributed by atoms with Gasteiger partial charge >= 0.3 is 0 Å². The minimum atomic E-state index is -0.509. The van der Waals surface area contributed by atoms with Gasteiger partial charge < -0.3 is 10.6 Å². The summed E-state index contributed by atoms with van der Waals surface area (Å²) in [6.45, 7) is 6.30. The first-order chi connectivity index (χ1) is 14.3. The standard InChI is InChI=1S/C24H35N3O2S/c1-13(2)20(21(28)27-23-25-18-5-4-14(3)6-19(18)30-23)26-22(29)24-10-15-7-16(11-24)9-17(8-15)12-24/h13-17,20H,4-12H2,1-3H3,(H,26,29)(H,25,27,28). The van der Waals surface area contributed by atoms with Gasteiger partial charge in [0.05, 0.1) is 5.69 Å². The summed E-state index contributed by atoms with van der Waals surface area (Å²) in [4.78, 5) is 32.6. The lowest BCUT2D eigenvalue weighted by atomic mass is 9.49. The van der Waals surface area contributed by atoms with E-state index in [1.54, 1.807) is 11.3 Å². The molecule has 0 spiro atoms. The Morgan fingerprint density at radius 1 is 1.10 bits per heavy atom. The highest BCUT2D eigenvalue weighted by atomic mass is 32.1. The van der Waals surface area contributed by atoms with E-state index in [0.29, 0.717) is 11.0 Å². The van der Waals surface area contributed by atoms with Crippen LogP contribution in [-0.4, -0.2) is 22.8 Å². The summed E-state index contributed by atoms with van der Waals surface area (Å²) in [5, 5.41) is 6.91. The number of rotatable bonds is 5. The van der Waals surface area contributed by atoms with E-state index in [0.717, 1.165) is 55.6 Å². The third-order valence-corrected chi connectivity index (χ3v) is 9.21. The van der Waals surface area contributed by atoms with Crippen molar-refractivity contribution in [2.45, 2.75) is 84.6 Å². The van der Waals surface area contributed by atoms with Gasteiger partial charge in [-0.15, -0.1) is 11.3 Å². The van der Waals surface area contributed by atoms with Gasteiger partial charge in [-0.05, 0) is 87.4 Å². The van der Waals surface area contributed by atoms with Gasteiger partial charge in [0.2, 0.25) is 11.8 Å². The van der Waals surface area contributed by atoms with E-state index in [4.69, 9.17) is 0 Å². The van der Waals surface area contributed by atoms with Gasteiger partial charge in [-0.25, -0.2) is 4.98 Å². The van der Waals surface area contributed by atoms with Gasteiger partial charge in [0.1, 0.15) is 6.04 Å². The van der Waals surface area contributed by atoms with E-state index >= 15 is 0 Å². The third-order valence-electron chi connectivity index (χ3n) is 8.17.